The first-order valence-corrected chi connectivity index (χ1v) is 6.73. The van der Waals surface area contributed by atoms with E-state index in [4.69, 9.17) is 0 Å². The Morgan fingerprint density at radius 2 is 1.94 bits per heavy atom. The van der Waals surface area contributed by atoms with E-state index in [2.05, 4.69) is 15.5 Å². The van der Waals surface area contributed by atoms with E-state index >= 15 is 0 Å². The molecule has 2 aliphatic rings. The molecule has 0 aromatic carbocycles. The molecule has 2 rings (SSSR count). The molecule has 0 spiro atoms. The first-order valence-electron chi connectivity index (χ1n) is 6.73. The van der Waals surface area contributed by atoms with Crippen molar-refractivity contribution in [3.8, 4) is 0 Å². The predicted molar refractivity (Wildman–Crippen MR) is 68.1 cm³/mol. The third kappa shape index (κ3) is 3.96. The minimum atomic E-state index is -0.0432. The van der Waals surface area contributed by atoms with Crippen LogP contribution in [0.2, 0.25) is 0 Å². The first kappa shape index (κ1) is 13.3. The van der Waals surface area contributed by atoms with Crippen molar-refractivity contribution in [2.45, 2.75) is 12.8 Å². The van der Waals surface area contributed by atoms with E-state index in [9.17, 15) is 9.59 Å². The van der Waals surface area contributed by atoms with E-state index < -0.39 is 0 Å². The Bertz CT molecular complexity index is 300. The molecule has 6 heteroatoms. The molecule has 18 heavy (non-hydrogen) atoms. The first-order chi connectivity index (χ1) is 8.75. The molecule has 0 bridgehead atoms. The van der Waals surface area contributed by atoms with Gasteiger partial charge in [0.15, 0.2) is 0 Å². The lowest BCUT2D eigenvalue weighted by Gasteiger charge is -2.24. The highest BCUT2D eigenvalue weighted by Gasteiger charge is 2.21. The van der Waals surface area contributed by atoms with Gasteiger partial charge < -0.3 is 15.5 Å². The minimum Gasteiger partial charge on any atom is -0.354 e. The minimum absolute atomic E-state index is 0.0432. The summed E-state index contributed by atoms with van der Waals surface area (Å²) < 4.78 is 0. The van der Waals surface area contributed by atoms with Gasteiger partial charge in [0.1, 0.15) is 0 Å². The van der Waals surface area contributed by atoms with Gasteiger partial charge in [-0.15, -0.1) is 0 Å². The van der Waals surface area contributed by atoms with Crippen molar-refractivity contribution in [1.82, 2.24) is 20.4 Å². The molecule has 0 aliphatic carbocycles. The summed E-state index contributed by atoms with van der Waals surface area (Å²) in [4.78, 5) is 27.4. The fourth-order valence-corrected chi connectivity index (χ4v) is 2.37. The highest BCUT2D eigenvalue weighted by molar-refractivity contribution is 5.86. The van der Waals surface area contributed by atoms with Crippen molar-refractivity contribution >= 4 is 11.8 Å². The van der Waals surface area contributed by atoms with Crippen molar-refractivity contribution in [1.29, 1.82) is 0 Å². The van der Waals surface area contributed by atoms with Crippen LogP contribution in [0, 0.1) is 0 Å². The van der Waals surface area contributed by atoms with Gasteiger partial charge in [-0.1, -0.05) is 0 Å². The van der Waals surface area contributed by atoms with Gasteiger partial charge in [-0.2, -0.15) is 0 Å². The number of nitrogens with one attached hydrogen (secondary N) is 2. The molecule has 0 unspecified atom stereocenters. The van der Waals surface area contributed by atoms with Crippen molar-refractivity contribution in [2.75, 3.05) is 52.4 Å². The summed E-state index contributed by atoms with van der Waals surface area (Å²) in [5.41, 5.74) is 0. The summed E-state index contributed by atoms with van der Waals surface area (Å²) in [7, 11) is 0. The van der Waals surface area contributed by atoms with Crippen LogP contribution in [0.3, 0.4) is 0 Å². The molecule has 6 nitrogen and oxygen atoms in total. The average Bonchev–Trinajstić information content (AvgIpc) is 2.71. The Kier molecular flexibility index (Phi) is 4.95. The number of carbonyl (C=O) groups is 2. The fourth-order valence-electron chi connectivity index (χ4n) is 2.37. The average molecular weight is 254 g/mol. The number of nitrogens with zero attached hydrogens (tertiary/aromatic N) is 2. The standard InChI is InChI=1S/C12H22N4O2/c17-11-9-16(7-2-4-14-11)12(18)10-15-6-1-3-13-5-8-15/h13H,1-10H2,(H,14,17). The maximum absolute atomic E-state index is 12.2. The number of hydrogen-bond acceptors (Lipinski definition) is 4. The molecular formula is C12H22N4O2. The van der Waals surface area contributed by atoms with Gasteiger partial charge >= 0.3 is 0 Å². The van der Waals surface area contributed by atoms with Gasteiger partial charge in [-0.25, -0.2) is 0 Å². The van der Waals surface area contributed by atoms with Crippen LogP contribution in [0.4, 0.5) is 0 Å². The lowest BCUT2D eigenvalue weighted by atomic mass is 10.3. The fraction of sp³-hybridized carbons (Fsp3) is 0.833. The molecule has 0 aromatic heterocycles. The zero-order valence-electron chi connectivity index (χ0n) is 10.8. The highest BCUT2D eigenvalue weighted by Crippen LogP contribution is 2.01. The van der Waals surface area contributed by atoms with Crippen LogP contribution in [-0.2, 0) is 9.59 Å². The maximum atomic E-state index is 12.2. The van der Waals surface area contributed by atoms with Crippen LogP contribution in [-0.4, -0.2) is 74.0 Å². The van der Waals surface area contributed by atoms with E-state index in [1.807, 2.05) is 0 Å². The molecule has 102 valence electrons. The molecular weight excluding hydrogens is 232 g/mol. The van der Waals surface area contributed by atoms with Crippen molar-refractivity contribution < 1.29 is 9.59 Å². The Labute approximate surface area is 108 Å². The van der Waals surface area contributed by atoms with Crippen molar-refractivity contribution in [2.24, 2.45) is 0 Å². The van der Waals surface area contributed by atoms with E-state index in [1.54, 1.807) is 4.90 Å². The molecule has 2 N–H and O–H groups in total. The molecule has 2 saturated heterocycles. The third-order valence-electron chi connectivity index (χ3n) is 3.41. The Morgan fingerprint density at radius 3 is 2.83 bits per heavy atom. The lowest BCUT2D eigenvalue weighted by Crippen LogP contribution is -2.44. The van der Waals surface area contributed by atoms with E-state index in [-0.39, 0.29) is 18.4 Å². The lowest BCUT2D eigenvalue weighted by molar-refractivity contribution is -0.136. The number of hydrogen-bond donors (Lipinski definition) is 2. The van der Waals surface area contributed by atoms with Crippen LogP contribution in [0.15, 0.2) is 0 Å². The molecule has 0 saturated carbocycles. The molecule has 2 heterocycles. The predicted octanol–water partition coefficient (Wildman–Crippen LogP) is -1.37. The normalized spacial score (nSPS) is 23.1. The van der Waals surface area contributed by atoms with Gasteiger partial charge in [-0.3, -0.25) is 14.5 Å². The zero-order chi connectivity index (χ0) is 12.8. The summed E-state index contributed by atoms with van der Waals surface area (Å²) in [6, 6.07) is 0. The van der Waals surface area contributed by atoms with Gasteiger partial charge in [0.05, 0.1) is 13.1 Å². The Balaban J connectivity index is 1.83. The van der Waals surface area contributed by atoms with Crippen LogP contribution in [0.1, 0.15) is 12.8 Å². The smallest absolute Gasteiger partial charge is 0.239 e. The molecule has 0 aromatic rings. The summed E-state index contributed by atoms with van der Waals surface area (Å²) in [6.45, 7) is 5.84. The maximum Gasteiger partial charge on any atom is 0.239 e. The second-order valence-electron chi connectivity index (χ2n) is 4.90. The molecule has 2 fully saturated rings. The van der Waals surface area contributed by atoms with Gasteiger partial charge in [-0.05, 0) is 25.9 Å². The van der Waals surface area contributed by atoms with Crippen LogP contribution < -0.4 is 10.6 Å². The number of rotatable bonds is 2. The summed E-state index contributed by atoms with van der Waals surface area (Å²) in [5, 5.41) is 6.10. The highest BCUT2D eigenvalue weighted by atomic mass is 16.2. The monoisotopic (exact) mass is 254 g/mol. The number of carbonyl (C=O) groups excluding carboxylic acids is 2. The summed E-state index contributed by atoms with van der Waals surface area (Å²) in [6.07, 6.45) is 1.92. The van der Waals surface area contributed by atoms with Crippen LogP contribution in [0.5, 0.6) is 0 Å². The number of amides is 2. The molecule has 2 aliphatic heterocycles. The van der Waals surface area contributed by atoms with Crippen molar-refractivity contribution in [3.05, 3.63) is 0 Å². The van der Waals surface area contributed by atoms with Gasteiger partial charge in [0.2, 0.25) is 11.8 Å². The largest absolute Gasteiger partial charge is 0.354 e. The molecule has 2 amide bonds. The van der Waals surface area contributed by atoms with Crippen LogP contribution in [0.25, 0.3) is 0 Å². The van der Waals surface area contributed by atoms with E-state index in [0.717, 1.165) is 39.0 Å². The Morgan fingerprint density at radius 1 is 1.11 bits per heavy atom. The van der Waals surface area contributed by atoms with Gasteiger partial charge in [0.25, 0.3) is 0 Å². The zero-order valence-corrected chi connectivity index (χ0v) is 10.8. The van der Waals surface area contributed by atoms with E-state index in [1.165, 1.54) is 0 Å². The molecule has 0 atom stereocenters. The Hall–Kier alpha value is -1.14. The second-order valence-corrected chi connectivity index (χ2v) is 4.90. The second kappa shape index (κ2) is 6.70. The summed E-state index contributed by atoms with van der Waals surface area (Å²) >= 11 is 0. The van der Waals surface area contributed by atoms with Gasteiger partial charge in [0, 0.05) is 26.2 Å². The summed E-state index contributed by atoms with van der Waals surface area (Å²) in [5.74, 6) is 0.0346. The molecule has 0 radical (unpaired) electrons. The van der Waals surface area contributed by atoms with Crippen LogP contribution >= 0.6 is 0 Å². The van der Waals surface area contributed by atoms with E-state index in [0.29, 0.717) is 19.6 Å². The van der Waals surface area contributed by atoms with Crippen molar-refractivity contribution in [3.63, 3.8) is 0 Å². The SMILES string of the molecule is O=C1CN(C(=O)CN2CCCNCC2)CCCN1. The quantitative estimate of drug-likeness (QED) is 0.638. The topological polar surface area (TPSA) is 64.7 Å². The third-order valence-corrected chi connectivity index (χ3v) is 3.41.